The van der Waals surface area contributed by atoms with Gasteiger partial charge in [-0.15, -0.1) is 0 Å². The van der Waals surface area contributed by atoms with E-state index in [1.165, 1.54) is 10.5 Å². The standard InChI is InChI=1S/C18H28N6O3S/c1-12(16-11-22(4)21-13(16)2)20-18(25)15-7-6-8-24(10-15)28(26,27)17-9-19-23(5)14(17)3/h9,11-12,15H,6-8,10H2,1-5H3,(H,20,25)/t12-,15+/m1/s1. The van der Waals surface area contributed by atoms with Crippen molar-refractivity contribution in [3.63, 3.8) is 0 Å². The van der Waals surface area contributed by atoms with E-state index in [1.54, 1.807) is 23.3 Å². The Morgan fingerprint density at radius 2 is 2.04 bits per heavy atom. The lowest BCUT2D eigenvalue weighted by Gasteiger charge is -2.31. The fourth-order valence-corrected chi connectivity index (χ4v) is 5.41. The highest BCUT2D eigenvalue weighted by atomic mass is 32.2. The predicted octanol–water partition coefficient (Wildman–Crippen LogP) is 1.05. The zero-order chi connectivity index (χ0) is 20.6. The van der Waals surface area contributed by atoms with Crippen LogP contribution in [-0.2, 0) is 28.9 Å². The molecule has 1 aliphatic heterocycles. The van der Waals surface area contributed by atoms with Gasteiger partial charge in [0.1, 0.15) is 4.90 Å². The number of hydrogen-bond acceptors (Lipinski definition) is 5. The minimum Gasteiger partial charge on any atom is -0.349 e. The number of nitrogens with one attached hydrogen (secondary N) is 1. The van der Waals surface area contributed by atoms with Crippen LogP contribution in [0.25, 0.3) is 0 Å². The summed E-state index contributed by atoms with van der Waals surface area (Å²) in [6.45, 7) is 6.15. The molecule has 9 nitrogen and oxygen atoms in total. The number of piperidine rings is 1. The third-order valence-electron chi connectivity index (χ3n) is 5.44. The van der Waals surface area contributed by atoms with Crippen molar-refractivity contribution >= 4 is 15.9 Å². The highest BCUT2D eigenvalue weighted by Gasteiger charge is 2.35. The number of aryl methyl sites for hydroxylation is 3. The molecule has 1 aliphatic rings. The molecule has 2 aromatic rings. The molecule has 0 bridgehead atoms. The third-order valence-corrected chi connectivity index (χ3v) is 7.41. The number of sulfonamides is 1. The van der Waals surface area contributed by atoms with Crippen LogP contribution in [0.4, 0.5) is 0 Å². The van der Waals surface area contributed by atoms with Gasteiger partial charge in [-0.25, -0.2) is 8.42 Å². The first-order chi connectivity index (χ1) is 13.1. The van der Waals surface area contributed by atoms with Crippen molar-refractivity contribution in [2.75, 3.05) is 13.1 Å². The average molecular weight is 409 g/mol. The molecule has 28 heavy (non-hydrogen) atoms. The summed E-state index contributed by atoms with van der Waals surface area (Å²) in [5, 5.41) is 11.4. The number of rotatable bonds is 5. The van der Waals surface area contributed by atoms with Gasteiger partial charge >= 0.3 is 0 Å². The number of carbonyl (C=O) groups is 1. The van der Waals surface area contributed by atoms with E-state index in [-0.39, 0.29) is 29.3 Å². The highest BCUT2D eigenvalue weighted by molar-refractivity contribution is 7.89. The molecule has 10 heteroatoms. The lowest BCUT2D eigenvalue weighted by atomic mass is 9.98. The van der Waals surface area contributed by atoms with Crippen LogP contribution in [0.1, 0.15) is 42.8 Å². The number of hydrogen-bond donors (Lipinski definition) is 1. The Kier molecular flexibility index (Phi) is 5.62. The molecule has 154 valence electrons. The molecule has 2 atom stereocenters. The first-order valence-corrected chi connectivity index (χ1v) is 10.8. The summed E-state index contributed by atoms with van der Waals surface area (Å²) in [4.78, 5) is 13.0. The molecule has 0 radical (unpaired) electrons. The smallest absolute Gasteiger partial charge is 0.246 e. The summed E-state index contributed by atoms with van der Waals surface area (Å²) in [7, 11) is -0.112. The molecule has 3 rings (SSSR count). The van der Waals surface area contributed by atoms with Crippen molar-refractivity contribution in [3.8, 4) is 0 Å². The third kappa shape index (κ3) is 3.83. The molecule has 1 amide bonds. The van der Waals surface area contributed by atoms with Gasteiger partial charge in [0.2, 0.25) is 15.9 Å². The molecular formula is C18H28N6O3S. The van der Waals surface area contributed by atoms with Crippen LogP contribution in [-0.4, -0.2) is 51.3 Å². The van der Waals surface area contributed by atoms with Gasteiger partial charge in [-0.2, -0.15) is 14.5 Å². The topological polar surface area (TPSA) is 102 Å². The van der Waals surface area contributed by atoms with Gasteiger partial charge in [-0.3, -0.25) is 14.2 Å². The van der Waals surface area contributed by atoms with E-state index < -0.39 is 10.0 Å². The number of aromatic nitrogens is 4. The molecule has 3 heterocycles. The number of amides is 1. The van der Waals surface area contributed by atoms with Gasteiger partial charge in [0.15, 0.2) is 0 Å². The van der Waals surface area contributed by atoms with Crippen molar-refractivity contribution in [3.05, 3.63) is 29.3 Å². The van der Waals surface area contributed by atoms with E-state index in [2.05, 4.69) is 15.5 Å². The minimum absolute atomic E-state index is 0.126. The molecule has 0 aromatic carbocycles. The van der Waals surface area contributed by atoms with Gasteiger partial charge in [0.05, 0.1) is 29.5 Å². The van der Waals surface area contributed by atoms with E-state index in [0.29, 0.717) is 25.1 Å². The Morgan fingerprint density at radius 1 is 1.32 bits per heavy atom. The van der Waals surface area contributed by atoms with Crippen LogP contribution in [0.5, 0.6) is 0 Å². The molecule has 1 saturated heterocycles. The van der Waals surface area contributed by atoms with E-state index in [9.17, 15) is 13.2 Å². The lowest BCUT2D eigenvalue weighted by molar-refractivity contribution is -0.126. The fraction of sp³-hybridized carbons (Fsp3) is 0.611. The fourth-order valence-electron chi connectivity index (χ4n) is 3.70. The van der Waals surface area contributed by atoms with Crippen LogP contribution in [0.3, 0.4) is 0 Å². The van der Waals surface area contributed by atoms with E-state index in [1.807, 2.05) is 27.1 Å². The van der Waals surface area contributed by atoms with Crippen LogP contribution in [0.15, 0.2) is 17.3 Å². The number of carbonyl (C=O) groups excluding carboxylic acids is 1. The quantitative estimate of drug-likeness (QED) is 0.797. The molecule has 1 N–H and O–H groups in total. The Morgan fingerprint density at radius 3 is 2.61 bits per heavy atom. The summed E-state index contributed by atoms with van der Waals surface area (Å²) >= 11 is 0. The van der Waals surface area contributed by atoms with Gasteiger partial charge in [-0.1, -0.05) is 0 Å². The van der Waals surface area contributed by atoms with Gasteiger partial charge in [-0.05, 0) is 33.6 Å². The Hall–Kier alpha value is -2.20. The van der Waals surface area contributed by atoms with Gasteiger partial charge < -0.3 is 5.32 Å². The molecule has 0 unspecified atom stereocenters. The van der Waals surface area contributed by atoms with Crippen molar-refractivity contribution in [1.82, 2.24) is 29.2 Å². The van der Waals surface area contributed by atoms with Crippen molar-refractivity contribution in [2.45, 2.75) is 44.6 Å². The van der Waals surface area contributed by atoms with Crippen LogP contribution in [0.2, 0.25) is 0 Å². The largest absolute Gasteiger partial charge is 0.349 e. The van der Waals surface area contributed by atoms with Gasteiger partial charge in [0, 0.05) is 38.9 Å². The van der Waals surface area contributed by atoms with Crippen molar-refractivity contribution < 1.29 is 13.2 Å². The summed E-state index contributed by atoms with van der Waals surface area (Å²) in [5.41, 5.74) is 2.42. The van der Waals surface area contributed by atoms with Crippen molar-refractivity contribution in [1.29, 1.82) is 0 Å². The van der Waals surface area contributed by atoms with Crippen LogP contribution in [0, 0.1) is 19.8 Å². The monoisotopic (exact) mass is 408 g/mol. The first-order valence-electron chi connectivity index (χ1n) is 9.40. The van der Waals surface area contributed by atoms with Gasteiger partial charge in [0.25, 0.3) is 0 Å². The van der Waals surface area contributed by atoms with Crippen molar-refractivity contribution in [2.24, 2.45) is 20.0 Å². The SMILES string of the molecule is Cc1nn(C)cc1[C@@H](C)NC(=O)[C@H]1CCCN(S(=O)(=O)c2cnn(C)c2C)C1. The second-order valence-electron chi connectivity index (χ2n) is 7.49. The molecule has 0 saturated carbocycles. The highest BCUT2D eigenvalue weighted by Crippen LogP contribution is 2.26. The molecule has 0 aliphatic carbocycles. The van der Waals surface area contributed by atoms with E-state index in [4.69, 9.17) is 0 Å². The molecule has 0 spiro atoms. The second kappa shape index (κ2) is 7.67. The van der Waals surface area contributed by atoms with E-state index >= 15 is 0 Å². The maximum Gasteiger partial charge on any atom is 0.246 e. The Labute approximate surface area is 165 Å². The van der Waals surface area contributed by atoms with E-state index in [0.717, 1.165) is 11.3 Å². The maximum absolute atomic E-state index is 13.0. The zero-order valence-electron chi connectivity index (χ0n) is 17.0. The lowest BCUT2D eigenvalue weighted by Crippen LogP contribution is -2.45. The van der Waals surface area contributed by atoms with Crippen LogP contribution >= 0.6 is 0 Å². The first kappa shape index (κ1) is 20.5. The van der Waals surface area contributed by atoms with Crippen LogP contribution < -0.4 is 5.32 Å². The Bertz CT molecular complexity index is 978. The normalized spacial score (nSPS) is 19.5. The maximum atomic E-state index is 13.0. The summed E-state index contributed by atoms with van der Waals surface area (Å²) in [6.07, 6.45) is 4.59. The second-order valence-corrected chi connectivity index (χ2v) is 9.40. The summed E-state index contributed by atoms with van der Waals surface area (Å²) in [6, 6.07) is -0.186. The number of nitrogens with zero attached hydrogens (tertiary/aromatic N) is 5. The molecule has 2 aromatic heterocycles. The zero-order valence-corrected chi connectivity index (χ0v) is 17.8. The molecule has 1 fully saturated rings. The average Bonchev–Trinajstić information content (AvgIpc) is 3.16. The predicted molar refractivity (Wildman–Crippen MR) is 104 cm³/mol. The molecular weight excluding hydrogens is 380 g/mol. The Balaban J connectivity index is 1.71. The summed E-state index contributed by atoms with van der Waals surface area (Å²) < 4.78 is 30.7. The minimum atomic E-state index is -3.67. The summed E-state index contributed by atoms with van der Waals surface area (Å²) in [5.74, 6) is -0.501.